The molecule has 0 radical (unpaired) electrons. The number of rotatable bonds is 1. The van der Waals surface area contributed by atoms with Crippen molar-refractivity contribution >= 4 is 23.2 Å². The van der Waals surface area contributed by atoms with Crippen molar-refractivity contribution in [3.63, 3.8) is 0 Å². The average Bonchev–Trinajstić information content (AvgIpc) is 2.18. The first-order valence-corrected chi connectivity index (χ1v) is 5.49. The molecule has 0 spiro atoms. The Bertz CT molecular complexity index is 349. The number of Topliss-reactive ketones (excluding diaryl/α,β-unsaturated/α-hetero) is 1. The van der Waals surface area contributed by atoms with E-state index in [1.807, 2.05) is 24.5 Å². The van der Waals surface area contributed by atoms with Crippen LogP contribution >= 0.6 is 11.8 Å². The number of ketones is 1. The van der Waals surface area contributed by atoms with Crippen molar-refractivity contribution in [1.82, 2.24) is 0 Å². The average molecular weight is 193 g/mol. The molecule has 2 rings (SSSR count). The third-order valence-corrected chi connectivity index (χ3v) is 2.92. The van der Waals surface area contributed by atoms with Crippen LogP contribution in [0.4, 0.5) is 5.69 Å². The summed E-state index contributed by atoms with van der Waals surface area (Å²) in [6.07, 6.45) is 2.65. The predicted octanol–water partition coefficient (Wildman–Crippen LogP) is 2.41. The minimum absolute atomic E-state index is 0.251. The highest BCUT2D eigenvalue weighted by Crippen LogP contribution is 2.26. The van der Waals surface area contributed by atoms with Gasteiger partial charge in [-0.2, -0.15) is 0 Å². The van der Waals surface area contributed by atoms with Crippen LogP contribution in [0.15, 0.2) is 23.1 Å². The Morgan fingerprint density at radius 2 is 2.31 bits per heavy atom. The summed E-state index contributed by atoms with van der Waals surface area (Å²) in [4.78, 5) is 12.6. The molecule has 68 valence electrons. The first-order chi connectivity index (χ1) is 6.31. The lowest BCUT2D eigenvalue weighted by Crippen LogP contribution is -2.17. The lowest BCUT2D eigenvalue weighted by Gasteiger charge is -2.17. The molecule has 1 aliphatic heterocycles. The molecule has 1 N–H and O–H groups in total. The molecule has 1 aromatic rings. The van der Waals surface area contributed by atoms with Crippen molar-refractivity contribution < 1.29 is 4.79 Å². The van der Waals surface area contributed by atoms with Crippen LogP contribution in [-0.4, -0.2) is 18.6 Å². The molecule has 0 bridgehead atoms. The van der Waals surface area contributed by atoms with Gasteiger partial charge in [0.1, 0.15) is 0 Å². The third kappa shape index (κ3) is 1.56. The molecule has 13 heavy (non-hydrogen) atoms. The summed E-state index contributed by atoms with van der Waals surface area (Å²) in [6.45, 7) is 0.768. The Balaban J connectivity index is 2.45. The number of carbonyl (C=O) groups excluding carboxylic acids is 1. The molecule has 0 fully saturated rings. The monoisotopic (exact) mass is 193 g/mol. The smallest absolute Gasteiger partial charge is 0.166 e. The number of nitrogens with one attached hydrogen (secondary N) is 1. The topological polar surface area (TPSA) is 29.1 Å². The van der Waals surface area contributed by atoms with E-state index in [1.54, 1.807) is 11.8 Å². The summed E-state index contributed by atoms with van der Waals surface area (Å²) in [5.41, 5.74) is 1.83. The summed E-state index contributed by atoms with van der Waals surface area (Å²) in [7, 11) is 0. The first kappa shape index (κ1) is 8.63. The number of fused-ring (bicyclic) bond motifs is 1. The van der Waals surface area contributed by atoms with Gasteiger partial charge < -0.3 is 5.32 Å². The summed E-state index contributed by atoms with van der Waals surface area (Å²) in [5.74, 6) is 0.251. The highest BCUT2D eigenvalue weighted by atomic mass is 32.2. The summed E-state index contributed by atoms with van der Waals surface area (Å²) in [5, 5.41) is 3.23. The molecule has 0 amide bonds. The largest absolute Gasteiger partial charge is 0.384 e. The van der Waals surface area contributed by atoms with Gasteiger partial charge in [-0.05, 0) is 24.5 Å². The lowest BCUT2D eigenvalue weighted by molar-refractivity contribution is 0.0983. The van der Waals surface area contributed by atoms with E-state index in [9.17, 15) is 4.79 Å². The number of hydrogen-bond acceptors (Lipinski definition) is 3. The fourth-order valence-electron chi connectivity index (χ4n) is 1.49. The molecule has 0 saturated carbocycles. The van der Waals surface area contributed by atoms with Gasteiger partial charge in [0.2, 0.25) is 0 Å². The molecule has 0 saturated heterocycles. The molecular weight excluding hydrogens is 182 g/mol. The Hall–Kier alpha value is -0.960. The number of hydrogen-bond donors (Lipinski definition) is 1. The normalized spacial score (nSPS) is 15.0. The standard InChI is InChI=1S/C10H11NOS/c1-13-7-2-3-8-9(6-7)11-5-4-10(8)12/h2-3,6,11H,4-5H2,1H3. The van der Waals surface area contributed by atoms with E-state index in [-0.39, 0.29) is 5.78 Å². The van der Waals surface area contributed by atoms with Crippen LogP contribution < -0.4 is 5.32 Å². The SMILES string of the molecule is CSc1ccc2c(c1)NCCC2=O. The predicted molar refractivity (Wildman–Crippen MR) is 55.7 cm³/mol. The highest BCUT2D eigenvalue weighted by molar-refractivity contribution is 7.98. The van der Waals surface area contributed by atoms with Crippen molar-refractivity contribution in [2.45, 2.75) is 11.3 Å². The second-order valence-corrected chi connectivity index (χ2v) is 3.89. The van der Waals surface area contributed by atoms with Gasteiger partial charge >= 0.3 is 0 Å². The maximum Gasteiger partial charge on any atom is 0.166 e. The molecular formula is C10H11NOS. The Labute approximate surface area is 81.7 Å². The first-order valence-electron chi connectivity index (χ1n) is 4.26. The van der Waals surface area contributed by atoms with Crippen LogP contribution in [0.3, 0.4) is 0 Å². The van der Waals surface area contributed by atoms with E-state index in [0.717, 1.165) is 17.8 Å². The molecule has 1 aliphatic rings. The number of thioether (sulfide) groups is 1. The van der Waals surface area contributed by atoms with Crippen molar-refractivity contribution in [3.05, 3.63) is 23.8 Å². The van der Waals surface area contributed by atoms with Crippen LogP contribution in [0.25, 0.3) is 0 Å². The van der Waals surface area contributed by atoms with Gasteiger partial charge in [-0.1, -0.05) is 0 Å². The van der Waals surface area contributed by atoms with E-state index in [4.69, 9.17) is 0 Å². The number of carbonyl (C=O) groups is 1. The van der Waals surface area contributed by atoms with Crippen LogP contribution in [0, 0.1) is 0 Å². The van der Waals surface area contributed by atoms with Crippen LogP contribution in [-0.2, 0) is 0 Å². The number of anilines is 1. The molecule has 0 aromatic heterocycles. The van der Waals surface area contributed by atoms with Gasteiger partial charge in [-0.15, -0.1) is 11.8 Å². The minimum atomic E-state index is 0.251. The second-order valence-electron chi connectivity index (χ2n) is 3.01. The van der Waals surface area contributed by atoms with E-state index >= 15 is 0 Å². The van der Waals surface area contributed by atoms with Gasteiger partial charge in [0, 0.05) is 29.1 Å². The highest BCUT2D eigenvalue weighted by Gasteiger charge is 2.16. The fraction of sp³-hybridized carbons (Fsp3) is 0.300. The van der Waals surface area contributed by atoms with Gasteiger partial charge in [-0.3, -0.25) is 4.79 Å². The van der Waals surface area contributed by atoms with E-state index in [0.29, 0.717) is 6.42 Å². The third-order valence-electron chi connectivity index (χ3n) is 2.19. The Kier molecular flexibility index (Phi) is 2.27. The quantitative estimate of drug-likeness (QED) is 0.694. The van der Waals surface area contributed by atoms with Gasteiger partial charge in [-0.25, -0.2) is 0 Å². The van der Waals surface area contributed by atoms with Gasteiger partial charge in [0.15, 0.2) is 5.78 Å². The molecule has 3 heteroatoms. The van der Waals surface area contributed by atoms with Crippen molar-refractivity contribution in [2.24, 2.45) is 0 Å². The van der Waals surface area contributed by atoms with Gasteiger partial charge in [0.25, 0.3) is 0 Å². The van der Waals surface area contributed by atoms with Crippen molar-refractivity contribution in [2.75, 3.05) is 18.1 Å². The zero-order valence-corrected chi connectivity index (χ0v) is 8.28. The van der Waals surface area contributed by atoms with Crippen molar-refractivity contribution in [3.8, 4) is 0 Å². The van der Waals surface area contributed by atoms with E-state index in [1.165, 1.54) is 4.90 Å². The molecule has 1 heterocycles. The lowest BCUT2D eigenvalue weighted by atomic mass is 10.0. The minimum Gasteiger partial charge on any atom is -0.384 e. The Morgan fingerprint density at radius 1 is 1.46 bits per heavy atom. The van der Waals surface area contributed by atoms with E-state index in [2.05, 4.69) is 5.32 Å². The maximum atomic E-state index is 11.4. The van der Waals surface area contributed by atoms with Crippen LogP contribution in [0.5, 0.6) is 0 Å². The molecule has 0 unspecified atom stereocenters. The Morgan fingerprint density at radius 3 is 3.08 bits per heavy atom. The fourth-order valence-corrected chi connectivity index (χ4v) is 1.92. The van der Waals surface area contributed by atoms with Gasteiger partial charge in [0.05, 0.1) is 0 Å². The molecule has 2 nitrogen and oxygen atoms in total. The van der Waals surface area contributed by atoms with Crippen molar-refractivity contribution in [1.29, 1.82) is 0 Å². The zero-order chi connectivity index (χ0) is 9.26. The second kappa shape index (κ2) is 3.42. The molecule has 1 aromatic carbocycles. The van der Waals surface area contributed by atoms with Crippen LogP contribution in [0.1, 0.15) is 16.8 Å². The molecule has 0 aliphatic carbocycles. The number of benzene rings is 1. The summed E-state index contributed by atoms with van der Waals surface area (Å²) in [6, 6.07) is 5.95. The van der Waals surface area contributed by atoms with E-state index < -0.39 is 0 Å². The maximum absolute atomic E-state index is 11.4. The molecule has 0 atom stereocenters. The summed E-state index contributed by atoms with van der Waals surface area (Å²) < 4.78 is 0. The summed E-state index contributed by atoms with van der Waals surface area (Å²) >= 11 is 1.69. The zero-order valence-electron chi connectivity index (χ0n) is 7.46. The van der Waals surface area contributed by atoms with Crippen LogP contribution in [0.2, 0.25) is 0 Å².